The third-order valence-electron chi connectivity index (χ3n) is 6.09. The van der Waals surface area contributed by atoms with Gasteiger partial charge in [0.1, 0.15) is 6.10 Å². The van der Waals surface area contributed by atoms with Crippen LogP contribution >= 0.6 is 0 Å². The molecule has 23 heavy (non-hydrogen) atoms. The van der Waals surface area contributed by atoms with E-state index in [2.05, 4.69) is 44.0 Å². The summed E-state index contributed by atoms with van der Waals surface area (Å²) in [6.45, 7) is 10.7. The van der Waals surface area contributed by atoms with Crippen molar-refractivity contribution in [3.63, 3.8) is 0 Å². The van der Waals surface area contributed by atoms with Crippen LogP contribution < -0.4 is 0 Å². The number of hydrogen-bond donors (Lipinski definition) is 0. The molecule has 0 spiro atoms. The predicted octanol–water partition coefficient (Wildman–Crippen LogP) is 4.26. The van der Waals surface area contributed by atoms with Crippen molar-refractivity contribution in [1.82, 2.24) is 4.98 Å². The minimum atomic E-state index is -0.346. The van der Waals surface area contributed by atoms with E-state index < -0.39 is 0 Å². The van der Waals surface area contributed by atoms with Gasteiger partial charge in [0, 0.05) is 12.1 Å². The van der Waals surface area contributed by atoms with Crippen molar-refractivity contribution in [1.29, 1.82) is 0 Å². The van der Waals surface area contributed by atoms with Gasteiger partial charge in [-0.15, -0.1) is 0 Å². The third-order valence-corrected chi connectivity index (χ3v) is 6.09. The Morgan fingerprint density at radius 2 is 2.04 bits per heavy atom. The summed E-state index contributed by atoms with van der Waals surface area (Å²) in [4.78, 5) is 16.9. The van der Waals surface area contributed by atoms with Crippen molar-refractivity contribution >= 4 is 12.0 Å². The second-order valence-corrected chi connectivity index (χ2v) is 7.79. The molecule has 2 aliphatic rings. The lowest BCUT2D eigenvalue weighted by Gasteiger charge is -2.45. The second-order valence-electron chi connectivity index (χ2n) is 7.79. The van der Waals surface area contributed by atoms with E-state index in [9.17, 15) is 4.79 Å². The zero-order valence-corrected chi connectivity index (χ0v) is 14.7. The molecule has 2 heterocycles. The van der Waals surface area contributed by atoms with Gasteiger partial charge in [-0.05, 0) is 62.7 Å². The van der Waals surface area contributed by atoms with Crippen LogP contribution in [0.2, 0.25) is 0 Å². The van der Waals surface area contributed by atoms with E-state index in [1.165, 1.54) is 0 Å². The molecule has 3 heteroatoms. The van der Waals surface area contributed by atoms with E-state index in [1.54, 1.807) is 0 Å². The summed E-state index contributed by atoms with van der Waals surface area (Å²) < 4.78 is 5.62. The Balaban J connectivity index is 1.91. The number of allylic oxidation sites excluding steroid dienone is 1. The minimum absolute atomic E-state index is 0.0110. The van der Waals surface area contributed by atoms with Gasteiger partial charge >= 0.3 is 5.97 Å². The molecule has 0 radical (unpaired) electrons. The molecule has 0 aromatic carbocycles. The first kappa shape index (κ1) is 16.2. The largest absolute Gasteiger partial charge is 0.462 e. The number of hydrogen-bond acceptors (Lipinski definition) is 3. The average molecular weight is 313 g/mol. The number of carbonyl (C=O) groups is 1. The number of cyclic esters (lactones) is 1. The molecule has 0 unspecified atom stereocenters. The highest BCUT2D eigenvalue weighted by Gasteiger charge is 2.59. The third kappa shape index (κ3) is 2.71. The van der Waals surface area contributed by atoms with Crippen molar-refractivity contribution in [3.05, 3.63) is 35.7 Å². The molecule has 1 aliphatic heterocycles. The topological polar surface area (TPSA) is 39.2 Å². The Morgan fingerprint density at radius 3 is 2.70 bits per heavy atom. The predicted molar refractivity (Wildman–Crippen MR) is 91.6 cm³/mol. The van der Waals surface area contributed by atoms with Gasteiger partial charge in [-0.3, -0.25) is 9.78 Å². The van der Waals surface area contributed by atoms with Crippen molar-refractivity contribution in [2.75, 3.05) is 0 Å². The number of esters is 1. The van der Waals surface area contributed by atoms with Gasteiger partial charge in [-0.2, -0.15) is 0 Å². The zero-order valence-electron chi connectivity index (χ0n) is 14.7. The van der Waals surface area contributed by atoms with Crippen LogP contribution in [0.1, 0.15) is 45.4 Å². The lowest BCUT2D eigenvalue weighted by molar-refractivity contribution is -0.149. The molecule has 1 saturated heterocycles. The molecule has 124 valence electrons. The van der Waals surface area contributed by atoms with E-state index >= 15 is 0 Å². The lowest BCUT2D eigenvalue weighted by Crippen LogP contribution is -2.46. The summed E-state index contributed by atoms with van der Waals surface area (Å²) in [6.07, 6.45) is 7.17. The summed E-state index contributed by atoms with van der Waals surface area (Å²) in [7, 11) is 0. The number of aromatic nitrogens is 1. The Kier molecular flexibility index (Phi) is 4.07. The second kappa shape index (κ2) is 5.77. The van der Waals surface area contributed by atoms with E-state index in [4.69, 9.17) is 4.74 Å². The zero-order chi connectivity index (χ0) is 16.8. The Morgan fingerprint density at radius 1 is 1.30 bits per heavy atom. The molecule has 1 aliphatic carbocycles. The van der Waals surface area contributed by atoms with Crippen LogP contribution in [0.15, 0.2) is 24.4 Å². The van der Waals surface area contributed by atoms with Crippen molar-refractivity contribution < 1.29 is 9.53 Å². The van der Waals surface area contributed by atoms with Gasteiger partial charge in [0.05, 0.1) is 11.1 Å². The fraction of sp³-hybridized carbons (Fsp3) is 0.600. The standard InChI is InChI=1S/C20H27NO2/c1-12-6-7-16(21-11-12)8-9-17-14(3)13(2)10-20(5)18(17)15(4)23-19(20)22/h6-9,11,13-15,17-18H,10H2,1-5H3/b9-8+/t13-,14+,15+,17-,18-,20+/m0/s1. The molecule has 1 aromatic heterocycles. The van der Waals surface area contributed by atoms with Crippen LogP contribution in [0.3, 0.4) is 0 Å². The maximum absolute atomic E-state index is 12.4. The van der Waals surface area contributed by atoms with Crippen molar-refractivity contribution in [3.8, 4) is 0 Å². The first-order chi connectivity index (χ1) is 10.8. The smallest absolute Gasteiger partial charge is 0.312 e. The Labute approximate surface area is 139 Å². The molecule has 2 fully saturated rings. The summed E-state index contributed by atoms with van der Waals surface area (Å²) >= 11 is 0. The SMILES string of the molecule is Cc1ccc(/C=C/[C@H]2[C@H](C)[C@@H](C)C[C@@]3(C)C(=O)O[C@H](C)[C@@H]23)nc1. The van der Waals surface area contributed by atoms with E-state index in [0.29, 0.717) is 17.8 Å². The molecule has 1 saturated carbocycles. The monoisotopic (exact) mass is 313 g/mol. The van der Waals surface area contributed by atoms with Gasteiger partial charge in [0.2, 0.25) is 0 Å². The highest BCUT2D eigenvalue weighted by atomic mass is 16.6. The molecule has 3 nitrogen and oxygen atoms in total. The van der Waals surface area contributed by atoms with Crippen LogP contribution in [-0.2, 0) is 9.53 Å². The van der Waals surface area contributed by atoms with E-state index in [0.717, 1.165) is 17.7 Å². The molecule has 6 atom stereocenters. The van der Waals surface area contributed by atoms with Crippen LogP contribution in [0.25, 0.3) is 6.08 Å². The minimum Gasteiger partial charge on any atom is -0.462 e. The summed E-state index contributed by atoms with van der Waals surface area (Å²) in [5, 5.41) is 0. The van der Waals surface area contributed by atoms with Crippen LogP contribution in [0.4, 0.5) is 0 Å². The van der Waals surface area contributed by atoms with E-state index in [-0.39, 0.29) is 23.4 Å². The number of ether oxygens (including phenoxy) is 1. The van der Waals surface area contributed by atoms with Crippen LogP contribution in [0, 0.1) is 36.0 Å². The average Bonchev–Trinajstić information content (AvgIpc) is 2.71. The quantitative estimate of drug-likeness (QED) is 0.766. The lowest BCUT2D eigenvalue weighted by atomic mass is 9.55. The molecule has 0 amide bonds. The Bertz CT molecular complexity index is 621. The molecule has 0 N–H and O–H groups in total. The summed E-state index contributed by atoms with van der Waals surface area (Å²) in [5.41, 5.74) is 1.79. The van der Waals surface area contributed by atoms with Crippen molar-refractivity contribution in [2.45, 2.75) is 47.1 Å². The van der Waals surface area contributed by atoms with Gasteiger partial charge in [0.25, 0.3) is 0 Å². The number of carbonyl (C=O) groups excluding carboxylic acids is 1. The number of nitrogens with zero attached hydrogens (tertiary/aromatic N) is 1. The molecule has 0 bridgehead atoms. The maximum Gasteiger partial charge on any atom is 0.312 e. The van der Waals surface area contributed by atoms with Crippen LogP contribution in [-0.4, -0.2) is 17.1 Å². The van der Waals surface area contributed by atoms with Gasteiger partial charge < -0.3 is 4.74 Å². The van der Waals surface area contributed by atoms with Gasteiger partial charge in [-0.1, -0.05) is 26.0 Å². The number of aryl methyl sites for hydroxylation is 1. The fourth-order valence-electron chi connectivity index (χ4n) is 4.63. The van der Waals surface area contributed by atoms with E-state index in [1.807, 2.05) is 26.1 Å². The highest BCUT2D eigenvalue weighted by molar-refractivity contribution is 5.79. The van der Waals surface area contributed by atoms with Gasteiger partial charge in [-0.25, -0.2) is 0 Å². The molecule has 1 aromatic rings. The summed E-state index contributed by atoms with van der Waals surface area (Å²) in [5.74, 6) is 1.62. The summed E-state index contributed by atoms with van der Waals surface area (Å²) in [6, 6.07) is 4.12. The number of rotatable bonds is 2. The molecule has 3 rings (SSSR count). The highest BCUT2D eigenvalue weighted by Crippen LogP contribution is 2.56. The first-order valence-electron chi connectivity index (χ1n) is 8.65. The maximum atomic E-state index is 12.4. The first-order valence-corrected chi connectivity index (χ1v) is 8.65. The molecular weight excluding hydrogens is 286 g/mol. The molecular formula is C20H27NO2. The van der Waals surface area contributed by atoms with Crippen molar-refractivity contribution in [2.24, 2.45) is 29.1 Å². The Hall–Kier alpha value is -1.64. The number of fused-ring (bicyclic) bond motifs is 1. The normalized spacial score (nSPS) is 40.2. The number of pyridine rings is 1. The fourth-order valence-corrected chi connectivity index (χ4v) is 4.63. The van der Waals surface area contributed by atoms with Gasteiger partial charge in [0.15, 0.2) is 0 Å². The van der Waals surface area contributed by atoms with Crippen LogP contribution in [0.5, 0.6) is 0 Å².